The summed E-state index contributed by atoms with van der Waals surface area (Å²) in [6.45, 7) is 5.90. The van der Waals surface area contributed by atoms with E-state index in [2.05, 4.69) is 11.4 Å². The Balaban J connectivity index is 2.37. The van der Waals surface area contributed by atoms with Crippen LogP contribution < -0.4 is 5.32 Å². The molecule has 1 fully saturated rings. The Kier molecular flexibility index (Phi) is 3.48. The van der Waals surface area contributed by atoms with E-state index in [1.807, 2.05) is 19.9 Å². The van der Waals surface area contributed by atoms with Crippen molar-refractivity contribution in [2.75, 3.05) is 13.1 Å². The molecule has 0 amide bonds. The van der Waals surface area contributed by atoms with Gasteiger partial charge in [0.2, 0.25) is 0 Å². The van der Waals surface area contributed by atoms with Crippen molar-refractivity contribution in [1.29, 1.82) is 0 Å². The molecule has 1 aromatic carbocycles. The summed E-state index contributed by atoms with van der Waals surface area (Å²) in [4.78, 5) is 11.2. The summed E-state index contributed by atoms with van der Waals surface area (Å²) in [6, 6.07) is 3.99. The zero-order valence-corrected chi connectivity index (χ0v) is 10.4. The molecular formula is C14H19NO2. The average molecular weight is 233 g/mol. The molecule has 0 aliphatic carbocycles. The molecule has 0 saturated carbocycles. The number of rotatable bonds is 2. The minimum atomic E-state index is -0.823. The zero-order valence-electron chi connectivity index (χ0n) is 10.4. The van der Waals surface area contributed by atoms with Gasteiger partial charge in [0.05, 0.1) is 5.56 Å². The Morgan fingerprint density at radius 3 is 2.76 bits per heavy atom. The highest BCUT2D eigenvalue weighted by Gasteiger charge is 2.18. The maximum atomic E-state index is 11.2. The van der Waals surface area contributed by atoms with Gasteiger partial charge in [-0.15, -0.1) is 0 Å². The van der Waals surface area contributed by atoms with Crippen molar-refractivity contribution >= 4 is 5.97 Å². The molecule has 0 radical (unpaired) electrons. The predicted molar refractivity (Wildman–Crippen MR) is 67.7 cm³/mol. The molecule has 3 nitrogen and oxygen atoms in total. The van der Waals surface area contributed by atoms with Crippen molar-refractivity contribution in [1.82, 2.24) is 5.32 Å². The van der Waals surface area contributed by atoms with Crippen LogP contribution in [0.25, 0.3) is 0 Å². The second-order valence-electron chi connectivity index (χ2n) is 4.86. The standard InChI is InChI=1S/C14H19NO2/c1-9-6-12(11-4-3-5-15-8-11)7-13(10(9)2)14(16)17/h6-7,11,15H,3-5,8H2,1-2H3,(H,16,17). The molecule has 1 aromatic rings. The van der Waals surface area contributed by atoms with Crippen molar-refractivity contribution in [2.24, 2.45) is 0 Å². The molecule has 2 N–H and O–H groups in total. The number of carboxylic acid groups (broad SMARTS) is 1. The lowest BCUT2D eigenvalue weighted by Crippen LogP contribution is -2.28. The molecule has 0 bridgehead atoms. The van der Waals surface area contributed by atoms with E-state index in [1.165, 1.54) is 6.42 Å². The van der Waals surface area contributed by atoms with E-state index in [9.17, 15) is 9.90 Å². The summed E-state index contributed by atoms with van der Waals surface area (Å²) in [6.07, 6.45) is 2.31. The van der Waals surface area contributed by atoms with Gasteiger partial charge in [-0.25, -0.2) is 4.79 Å². The van der Waals surface area contributed by atoms with Crippen molar-refractivity contribution < 1.29 is 9.90 Å². The van der Waals surface area contributed by atoms with E-state index < -0.39 is 5.97 Å². The molecule has 1 atom stereocenters. The molecule has 1 aliphatic rings. The third-order valence-electron chi connectivity index (χ3n) is 3.69. The van der Waals surface area contributed by atoms with Gasteiger partial charge in [0.1, 0.15) is 0 Å². The molecule has 3 heteroatoms. The van der Waals surface area contributed by atoms with Crippen LogP contribution in [-0.2, 0) is 0 Å². The number of aryl methyl sites for hydroxylation is 1. The van der Waals surface area contributed by atoms with Gasteiger partial charge in [-0.2, -0.15) is 0 Å². The lowest BCUT2D eigenvalue weighted by molar-refractivity contribution is 0.0696. The van der Waals surface area contributed by atoms with Crippen LogP contribution in [0, 0.1) is 13.8 Å². The van der Waals surface area contributed by atoms with Crippen LogP contribution in [0.1, 0.15) is 45.8 Å². The number of piperidine rings is 1. The first-order valence-corrected chi connectivity index (χ1v) is 6.14. The number of benzene rings is 1. The van der Waals surface area contributed by atoms with Gasteiger partial charge in [0.15, 0.2) is 0 Å². The van der Waals surface area contributed by atoms with Crippen LogP contribution >= 0.6 is 0 Å². The van der Waals surface area contributed by atoms with Gasteiger partial charge >= 0.3 is 5.97 Å². The Morgan fingerprint density at radius 2 is 2.18 bits per heavy atom. The Morgan fingerprint density at radius 1 is 1.41 bits per heavy atom. The fraction of sp³-hybridized carbons (Fsp3) is 0.500. The Hall–Kier alpha value is -1.35. The van der Waals surface area contributed by atoms with Gasteiger partial charge in [0.25, 0.3) is 0 Å². The first-order valence-electron chi connectivity index (χ1n) is 6.14. The highest BCUT2D eigenvalue weighted by molar-refractivity contribution is 5.90. The predicted octanol–water partition coefficient (Wildman–Crippen LogP) is 2.47. The highest BCUT2D eigenvalue weighted by Crippen LogP contribution is 2.27. The minimum Gasteiger partial charge on any atom is -0.478 e. The van der Waals surface area contributed by atoms with Crippen LogP contribution in [0.15, 0.2) is 12.1 Å². The number of aromatic carboxylic acids is 1. The minimum absolute atomic E-state index is 0.450. The first kappa shape index (κ1) is 12.1. The van der Waals surface area contributed by atoms with Crippen molar-refractivity contribution in [3.63, 3.8) is 0 Å². The van der Waals surface area contributed by atoms with E-state index in [4.69, 9.17) is 0 Å². The molecule has 1 heterocycles. The monoisotopic (exact) mass is 233 g/mol. The summed E-state index contributed by atoms with van der Waals surface area (Å²) in [5.74, 6) is -0.364. The molecule has 1 unspecified atom stereocenters. The molecule has 1 aliphatic heterocycles. The summed E-state index contributed by atoms with van der Waals surface area (Å²) in [7, 11) is 0. The molecular weight excluding hydrogens is 214 g/mol. The molecule has 1 saturated heterocycles. The van der Waals surface area contributed by atoms with Crippen LogP contribution in [-0.4, -0.2) is 24.2 Å². The van der Waals surface area contributed by atoms with Crippen molar-refractivity contribution in [2.45, 2.75) is 32.6 Å². The van der Waals surface area contributed by atoms with Gasteiger partial charge in [-0.3, -0.25) is 0 Å². The van der Waals surface area contributed by atoms with E-state index in [0.29, 0.717) is 11.5 Å². The van der Waals surface area contributed by atoms with E-state index in [-0.39, 0.29) is 0 Å². The lowest BCUT2D eigenvalue weighted by Gasteiger charge is -2.24. The van der Waals surface area contributed by atoms with Crippen LogP contribution in [0.5, 0.6) is 0 Å². The third kappa shape index (κ3) is 2.50. The van der Waals surface area contributed by atoms with Crippen LogP contribution in [0.2, 0.25) is 0 Å². The number of hydrogen-bond donors (Lipinski definition) is 2. The highest BCUT2D eigenvalue weighted by atomic mass is 16.4. The molecule has 0 spiro atoms. The molecule has 92 valence electrons. The fourth-order valence-electron chi connectivity index (χ4n) is 2.48. The van der Waals surface area contributed by atoms with Crippen molar-refractivity contribution in [3.8, 4) is 0 Å². The summed E-state index contributed by atoms with van der Waals surface area (Å²) in [5.41, 5.74) is 3.57. The third-order valence-corrected chi connectivity index (χ3v) is 3.69. The van der Waals surface area contributed by atoms with Crippen LogP contribution in [0.4, 0.5) is 0 Å². The lowest BCUT2D eigenvalue weighted by atomic mass is 9.88. The van der Waals surface area contributed by atoms with E-state index >= 15 is 0 Å². The topological polar surface area (TPSA) is 49.3 Å². The molecule has 0 aromatic heterocycles. The smallest absolute Gasteiger partial charge is 0.335 e. The quantitative estimate of drug-likeness (QED) is 0.825. The van der Waals surface area contributed by atoms with Gasteiger partial charge < -0.3 is 10.4 Å². The van der Waals surface area contributed by atoms with E-state index in [0.717, 1.165) is 36.2 Å². The van der Waals surface area contributed by atoms with Crippen LogP contribution in [0.3, 0.4) is 0 Å². The second-order valence-corrected chi connectivity index (χ2v) is 4.86. The maximum Gasteiger partial charge on any atom is 0.335 e. The fourth-order valence-corrected chi connectivity index (χ4v) is 2.48. The SMILES string of the molecule is Cc1cc(C2CCCNC2)cc(C(=O)O)c1C. The average Bonchev–Trinajstić information content (AvgIpc) is 2.33. The zero-order chi connectivity index (χ0) is 12.4. The number of carbonyl (C=O) groups is 1. The second kappa shape index (κ2) is 4.88. The molecule has 2 rings (SSSR count). The van der Waals surface area contributed by atoms with Gasteiger partial charge in [0, 0.05) is 6.54 Å². The summed E-state index contributed by atoms with van der Waals surface area (Å²) >= 11 is 0. The molecule has 17 heavy (non-hydrogen) atoms. The maximum absolute atomic E-state index is 11.2. The largest absolute Gasteiger partial charge is 0.478 e. The van der Waals surface area contributed by atoms with Crippen molar-refractivity contribution in [3.05, 3.63) is 34.4 Å². The van der Waals surface area contributed by atoms with E-state index in [1.54, 1.807) is 0 Å². The number of nitrogens with one attached hydrogen (secondary N) is 1. The number of hydrogen-bond acceptors (Lipinski definition) is 2. The first-order chi connectivity index (χ1) is 8.09. The Bertz CT molecular complexity index is 434. The summed E-state index contributed by atoms with van der Waals surface area (Å²) < 4.78 is 0. The normalized spacial score (nSPS) is 20.2. The number of carboxylic acids is 1. The Labute approximate surface area is 102 Å². The van der Waals surface area contributed by atoms with Gasteiger partial charge in [-0.05, 0) is 61.9 Å². The van der Waals surface area contributed by atoms with Gasteiger partial charge in [-0.1, -0.05) is 6.07 Å². The summed E-state index contributed by atoms with van der Waals surface area (Å²) in [5, 5.41) is 12.6.